The molecule has 0 aliphatic heterocycles. The van der Waals surface area contributed by atoms with Crippen molar-refractivity contribution in [1.82, 2.24) is 10.2 Å². The summed E-state index contributed by atoms with van der Waals surface area (Å²) in [5.41, 5.74) is 1.45. The van der Waals surface area contributed by atoms with E-state index in [0.29, 0.717) is 19.6 Å². The molecule has 20 heavy (non-hydrogen) atoms. The average Bonchev–Trinajstić information content (AvgIpc) is 2.81. The second-order valence-electron chi connectivity index (χ2n) is 3.76. The number of hydrogen-bond acceptors (Lipinski definition) is 6. The first-order valence-electron chi connectivity index (χ1n) is 5.36. The number of aromatic nitrogens is 2. The van der Waals surface area contributed by atoms with E-state index in [4.69, 9.17) is 5.11 Å². The highest BCUT2D eigenvalue weighted by molar-refractivity contribution is 9.10. The third-order valence-corrected chi connectivity index (χ3v) is 4.80. The zero-order valence-corrected chi connectivity index (χ0v) is 13.4. The Morgan fingerprint density at radius 2 is 2.30 bits per heavy atom. The summed E-state index contributed by atoms with van der Waals surface area (Å²) < 4.78 is 14.2. The Labute approximate surface area is 130 Å². The average molecular weight is 378 g/mol. The van der Waals surface area contributed by atoms with E-state index in [9.17, 15) is 9.18 Å². The predicted molar refractivity (Wildman–Crippen MR) is 80.4 cm³/mol. The molecule has 0 saturated carbocycles. The highest BCUT2D eigenvalue weighted by Crippen LogP contribution is 2.30. The molecule has 0 amide bonds. The number of aryl methyl sites for hydroxylation is 1. The lowest BCUT2D eigenvalue weighted by Crippen LogP contribution is -1.96. The first kappa shape index (κ1) is 15.2. The Hall–Kier alpha value is -1.19. The third-order valence-electron chi connectivity index (χ3n) is 2.23. The summed E-state index contributed by atoms with van der Waals surface area (Å²) in [6.45, 7) is 1.78. The van der Waals surface area contributed by atoms with Crippen LogP contribution in [-0.4, -0.2) is 27.0 Å². The molecule has 0 saturated heterocycles. The smallest absolute Gasteiger partial charge is 0.313 e. The van der Waals surface area contributed by atoms with Gasteiger partial charge in [0.15, 0.2) is 4.34 Å². The second kappa shape index (κ2) is 6.51. The van der Waals surface area contributed by atoms with Crippen LogP contribution in [0.25, 0.3) is 0 Å². The summed E-state index contributed by atoms with van der Waals surface area (Å²) in [5, 5.41) is 19.9. The van der Waals surface area contributed by atoms with E-state index in [2.05, 4.69) is 31.4 Å². The van der Waals surface area contributed by atoms with Gasteiger partial charge in [-0.25, -0.2) is 4.39 Å². The molecule has 1 heterocycles. The molecule has 0 aliphatic rings. The fourth-order valence-electron chi connectivity index (χ4n) is 1.34. The number of nitrogens with one attached hydrogen (secondary N) is 1. The summed E-state index contributed by atoms with van der Waals surface area (Å²) in [4.78, 5) is 10.5. The minimum Gasteiger partial charge on any atom is -0.481 e. The maximum atomic E-state index is 13.3. The summed E-state index contributed by atoms with van der Waals surface area (Å²) in [6.07, 6.45) is 0. The monoisotopic (exact) mass is 377 g/mol. The van der Waals surface area contributed by atoms with E-state index in [1.165, 1.54) is 17.4 Å². The quantitative estimate of drug-likeness (QED) is 0.774. The van der Waals surface area contributed by atoms with Gasteiger partial charge < -0.3 is 10.4 Å². The zero-order chi connectivity index (χ0) is 14.7. The van der Waals surface area contributed by atoms with E-state index in [1.54, 1.807) is 13.0 Å². The van der Waals surface area contributed by atoms with Crippen LogP contribution in [0.1, 0.15) is 5.56 Å². The Morgan fingerprint density at radius 3 is 3.00 bits per heavy atom. The highest BCUT2D eigenvalue weighted by Gasteiger charge is 2.10. The first-order valence-corrected chi connectivity index (χ1v) is 7.96. The molecule has 106 valence electrons. The van der Waals surface area contributed by atoms with Crippen LogP contribution in [0.3, 0.4) is 0 Å². The van der Waals surface area contributed by atoms with Crippen LogP contribution in [0.15, 0.2) is 20.9 Å². The van der Waals surface area contributed by atoms with Crippen molar-refractivity contribution in [2.24, 2.45) is 0 Å². The number of nitrogens with zero attached hydrogens (tertiary/aromatic N) is 2. The van der Waals surface area contributed by atoms with Crippen molar-refractivity contribution in [2.45, 2.75) is 11.3 Å². The van der Waals surface area contributed by atoms with Crippen molar-refractivity contribution in [3.8, 4) is 0 Å². The van der Waals surface area contributed by atoms with Gasteiger partial charge in [-0.2, -0.15) is 0 Å². The molecule has 0 aliphatic carbocycles. The van der Waals surface area contributed by atoms with Crippen LogP contribution in [0.4, 0.5) is 15.2 Å². The number of halogens is 2. The lowest BCUT2D eigenvalue weighted by molar-refractivity contribution is -0.133. The number of aliphatic carboxylic acids is 1. The van der Waals surface area contributed by atoms with Crippen LogP contribution >= 0.6 is 39.0 Å². The highest BCUT2D eigenvalue weighted by atomic mass is 79.9. The largest absolute Gasteiger partial charge is 0.481 e. The van der Waals surface area contributed by atoms with Crippen molar-refractivity contribution in [3.63, 3.8) is 0 Å². The molecule has 0 fully saturated rings. The maximum absolute atomic E-state index is 13.3. The summed E-state index contributed by atoms with van der Waals surface area (Å²) in [5.74, 6) is -1.29. The van der Waals surface area contributed by atoms with Crippen molar-refractivity contribution in [1.29, 1.82) is 0 Å². The number of benzene rings is 1. The molecule has 0 atom stereocenters. The SMILES string of the molecule is Cc1cc(F)c(Br)cc1Nc1nnc(SCC(=O)O)s1. The molecule has 2 N–H and O–H groups in total. The van der Waals surface area contributed by atoms with E-state index in [0.717, 1.165) is 17.3 Å². The second-order valence-corrected chi connectivity index (χ2v) is 6.82. The minimum absolute atomic E-state index is 0.0598. The van der Waals surface area contributed by atoms with E-state index < -0.39 is 5.97 Å². The Balaban J connectivity index is 2.10. The van der Waals surface area contributed by atoms with Crippen LogP contribution in [0.5, 0.6) is 0 Å². The number of rotatable bonds is 5. The molecule has 5 nitrogen and oxygen atoms in total. The molecule has 9 heteroatoms. The van der Waals surface area contributed by atoms with E-state index in [-0.39, 0.29) is 11.6 Å². The molecular formula is C11H9BrFN3O2S2. The molecular weight excluding hydrogens is 369 g/mol. The van der Waals surface area contributed by atoms with Gasteiger partial charge in [-0.15, -0.1) is 10.2 Å². The molecule has 0 unspecified atom stereocenters. The van der Waals surface area contributed by atoms with Crippen molar-refractivity contribution in [2.75, 3.05) is 11.1 Å². The summed E-state index contributed by atoms with van der Waals surface area (Å²) >= 11 is 5.47. The van der Waals surface area contributed by atoms with Gasteiger partial charge >= 0.3 is 5.97 Å². The number of anilines is 2. The van der Waals surface area contributed by atoms with Crippen LogP contribution in [0.2, 0.25) is 0 Å². The van der Waals surface area contributed by atoms with Gasteiger partial charge in [-0.05, 0) is 40.5 Å². The minimum atomic E-state index is -0.905. The van der Waals surface area contributed by atoms with Gasteiger partial charge in [0.1, 0.15) is 5.82 Å². The number of carboxylic acids is 1. The van der Waals surface area contributed by atoms with Crippen LogP contribution in [-0.2, 0) is 4.79 Å². The number of thioether (sulfide) groups is 1. The van der Waals surface area contributed by atoms with Crippen LogP contribution < -0.4 is 5.32 Å². The molecule has 2 rings (SSSR count). The number of carbonyl (C=O) groups is 1. The molecule has 0 bridgehead atoms. The Kier molecular flexibility index (Phi) is 4.95. The fraction of sp³-hybridized carbons (Fsp3) is 0.182. The Morgan fingerprint density at radius 1 is 1.55 bits per heavy atom. The zero-order valence-electron chi connectivity index (χ0n) is 10.2. The third kappa shape index (κ3) is 3.90. The maximum Gasteiger partial charge on any atom is 0.313 e. The van der Waals surface area contributed by atoms with Gasteiger partial charge in [0, 0.05) is 5.69 Å². The van der Waals surface area contributed by atoms with Gasteiger partial charge in [-0.3, -0.25) is 4.79 Å². The van der Waals surface area contributed by atoms with Gasteiger partial charge in [0.2, 0.25) is 5.13 Å². The number of hydrogen-bond donors (Lipinski definition) is 2. The molecule has 1 aromatic carbocycles. The topological polar surface area (TPSA) is 75.1 Å². The van der Waals surface area contributed by atoms with Crippen molar-refractivity contribution < 1.29 is 14.3 Å². The van der Waals surface area contributed by atoms with Gasteiger partial charge in [0.05, 0.1) is 10.2 Å². The predicted octanol–water partition coefficient (Wildman–Crippen LogP) is 3.67. The summed E-state index contributed by atoms with van der Waals surface area (Å²) in [6, 6.07) is 3.03. The van der Waals surface area contributed by atoms with E-state index in [1.807, 2.05) is 0 Å². The van der Waals surface area contributed by atoms with E-state index >= 15 is 0 Å². The first-order chi connectivity index (χ1) is 9.45. The standard InChI is InChI=1S/C11H9BrFN3O2S2/c1-5-2-7(13)6(12)3-8(5)14-10-15-16-11(20-10)19-4-9(17)18/h2-3H,4H2,1H3,(H,14,15)(H,17,18). The van der Waals surface area contributed by atoms with Crippen LogP contribution in [0, 0.1) is 12.7 Å². The molecule has 2 aromatic rings. The molecule has 0 radical (unpaired) electrons. The molecule has 1 aromatic heterocycles. The Bertz CT molecular complexity index is 651. The normalized spacial score (nSPS) is 10.6. The van der Waals surface area contributed by atoms with Gasteiger partial charge in [-0.1, -0.05) is 23.1 Å². The van der Waals surface area contributed by atoms with Crippen molar-refractivity contribution in [3.05, 3.63) is 28.0 Å². The fourth-order valence-corrected chi connectivity index (χ4v) is 3.17. The van der Waals surface area contributed by atoms with Gasteiger partial charge in [0.25, 0.3) is 0 Å². The lowest BCUT2D eigenvalue weighted by atomic mass is 10.2. The van der Waals surface area contributed by atoms with Crippen molar-refractivity contribution >= 4 is 55.8 Å². The molecule has 0 spiro atoms. The summed E-state index contributed by atoms with van der Waals surface area (Å²) in [7, 11) is 0. The lowest BCUT2D eigenvalue weighted by Gasteiger charge is -2.07. The number of carboxylic acid groups (broad SMARTS) is 1.